The molecule has 0 radical (unpaired) electrons. The zero-order valence-electron chi connectivity index (χ0n) is 12.8. The lowest BCUT2D eigenvalue weighted by molar-refractivity contribution is -0.144. The highest BCUT2D eigenvalue weighted by Gasteiger charge is 2.12. The molecule has 1 aromatic heterocycles. The van der Waals surface area contributed by atoms with Crippen molar-refractivity contribution in [2.45, 2.75) is 13.0 Å². The zero-order valence-corrected chi connectivity index (χ0v) is 14.4. The van der Waals surface area contributed by atoms with E-state index in [9.17, 15) is 4.79 Å². The minimum absolute atomic E-state index is 0.465. The average Bonchev–Trinajstić information content (AvgIpc) is 2.56. The standard InChI is InChI=1S/C18H14BrNO4/c1-11(18(21)22)23-12-5-7-13(8-6-12)24-17-10-9-14-15(19)3-2-4-16(14)20-17/h2-11H,1H3,(H,21,22)/t11-/m1/s1. The van der Waals surface area contributed by atoms with Gasteiger partial charge in [0.1, 0.15) is 11.5 Å². The molecule has 0 amide bonds. The highest BCUT2D eigenvalue weighted by Crippen LogP contribution is 2.27. The fourth-order valence-electron chi connectivity index (χ4n) is 2.12. The third-order valence-corrected chi connectivity index (χ3v) is 4.05. The van der Waals surface area contributed by atoms with Crippen LogP contribution in [0, 0.1) is 0 Å². The topological polar surface area (TPSA) is 68.7 Å². The molecule has 6 heteroatoms. The first-order valence-corrected chi connectivity index (χ1v) is 8.05. The van der Waals surface area contributed by atoms with Crippen LogP contribution in [0.25, 0.3) is 10.9 Å². The molecule has 0 aliphatic rings. The van der Waals surface area contributed by atoms with Crippen LogP contribution >= 0.6 is 15.9 Å². The molecule has 24 heavy (non-hydrogen) atoms. The molecule has 122 valence electrons. The van der Waals surface area contributed by atoms with Gasteiger partial charge in [0.15, 0.2) is 6.10 Å². The number of carboxylic acid groups (broad SMARTS) is 1. The van der Waals surface area contributed by atoms with E-state index in [0.717, 1.165) is 15.4 Å². The van der Waals surface area contributed by atoms with E-state index in [1.54, 1.807) is 30.3 Å². The summed E-state index contributed by atoms with van der Waals surface area (Å²) in [5.41, 5.74) is 0.831. The predicted octanol–water partition coefficient (Wildman–Crippen LogP) is 4.64. The molecule has 0 aliphatic heterocycles. The predicted molar refractivity (Wildman–Crippen MR) is 93.7 cm³/mol. The number of ether oxygens (including phenoxy) is 2. The molecule has 0 unspecified atom stereocenters. The number of nitrogens with zero attached hydrogens (tertiary/aromatic N) is 1. The molecule has 0 spiro atoms. The third-order valence-electron chi connectivity index (χ3n) is 3.36. The Morgan fingerprint density at radius 3 is 2.50 bits per heavy atom. The normalized spacial score (nSPS) is 11.9. The second-order valence-electron chi connectivity index (χ2n) is 5.13. The second-order valence-corrected chi connectivity index (χ2v) is 5.98. The van der Waals surface area contributed by atoms with Gasteiger partial charge in [-0.15, -0.1) is 0 Å². The highest BCUT2D eigenvalue weighted by atomic mass is 79.9. The summed E-state index contributed by atoms with van der Waals surface area (Å²) in [7, 11) is 0. The summed E-state index contributed by atoms with van der Waals surface area (Å²) in [6, 6.07) is 16.3. The summed E-state index contributed by atoms with van der Waals surface area (Å²) < 4.78 is 12.0. The second kappa shape index (κ2) is 6.88. The van der Waals surface area contributed by atoms with Crippen LogP contribution in [-0.2, 0) is 4.79 Å². The Bertz CT molecular complexity index is 880. The van der Waals surface area contributed by atoms with E-state index in [0.29, 0.717) is 17.4 Å². The van der Waals surface area contributed by atoms with Gasteiger partial charge in [-0.3, -0.25) is 0 Å². The maximum atomic E-state index is 10.8. The summed E-state index contributed by atoms with van der Waals surface area (Å²) in [6.45, 7) is 1.48. The van der Waals surface area contributed by atoms with Gasteiger partial charge < -0.3 is 14.6 Å². The van der Waals surface area contributed by atoms with Crippen molar-refractivity contribution in [2.75, 3.05) is 0 Å². The number of aromatic nitrogens is 1. The van der Waals surface area contributed by atoms with E-state index in [-0.39, 0.29) is 0 Å². The Hall–Kier alpha value is -2.60. The van der Waals surface area contributed by atoms with E-state index in [2.05, 4.69) is 20.9 Å². The molecule has 0 saturated heterocycles. The molecule has 3 rings (SSSR count). The van der Waals surface area contributed by atoms with Crippen LogP contribution in [-0.4, -0.2) is 22.2 Å². The number of carboxylic acids is 1. The molecule has 0 aliphatic carbocycles. The summed E-state index contributed by atoms with van der Waals surface area (Å²) in [5.74, 6) is 0.523. The van der Waals surface area contributed by atoms with Crippen LogP contribution in [0.1, 0.15) is 6.92 Å². The Balaban J connectivity index is 1.75. The van der Waals surface area contributed by atoms with Crippen molar-refractivity contribution in [1.29, 1.82) is 0 Å². The first-order chi connectivity index (χ1) is 11.5. The lowest BCUT2D eigenvalue weighted by Gasteiger charge is -2.11. The van der Waals surface area contributed by atoms with Crippen molar-refractivity contribution in [1.82, 2.24) is 4.98 Å². The van der Waals surface area contributed by atoms with Crippen molar-refractivity contribution in [3.8, 4) is 17.4 Å². The number of pyridine rings is 1. The average molecular weight is 388 g/mol. The Kier molecular flexibility index (Phi) is 4.66. The summed E-state index contributed by atoms with van der Waals surface area (Å²) >= 11 is 3.49. The van der Waals surface area contributed by atoms with Crippen molar-refractivity contribution >= 4 is 32.8 Å². The molecule has 0 saturated carbocycles. The van der Waals surface area contributed by atoms with Gasteiger partial charge in [0.2, 0.25) is 5.88 Å². The number of halogens is 1. The Morgan fingerprint density at radius 2 is 1.79 bits per heavy atom. The number of rotatable bonds is 5. The summed E-state index contributed by atoms with van der Waals surface area (Å²) in [5, 5.41) is 9.85. The number of hydrogen-bond acceptors (Lipinski definition) is 4. The SMILES string of the molecule is C[C@@H](Oc1ccc(Oc2ccc3c(Br)cccc3n2)cc1)C(=O)O. The van der Waals surface area contributed by atoms with Gasteiger partial charge in [-0.05, 0) is 49.4 Å². The third kappa shape index (κ3) is 3.65. The van der Waals surface area contributed by atoms with E-state index >= 15 is 0 Å². The minimum Gasteiger partial charge on any atom is -0.479 e. The number of benzene rings is 2. The lowest BCUT2D eigenvalue weighted by Crippen LogP contribution is -2.22. The molecule has 1 N–H and O–H groups in total. The molecule has 1 heterocycles. The van der Waals surface area contributed by atoms with Crippen molar-refractivity contribution in [2.24, 2.45) is 0 Å². The molecule has 0 fully saturated rings. The smallest absolute Gasteiger partial charge is 0.344 e. The van der Waals surface area contributed by atoms with Gasteiger partial charge in [-0.2, -0.15) is 0 Å². The number of aliphatic carboxylic acids is 1. The van der Waals surface area contributed by atoms with Gasteiger partial charge in [0, 0.05) is 15.9 Å². The number of carbonyl (C=O) groups is 1. The fourth-order valence-corrected chi connectivity index (χ4v) is 2.61. The molecule has 0 bridgehead atoms. The minimum atomic E-state index is -1.01. The molecular weight excluding hydrogens is 374 g/mol. The van der Waals surface area contributed by atoms with Crippen molar-refractivity contribution < 1.29 is 19.4 Å². The van der Waals surface area contributed by atoms with Crippen LogP contribution in [0.3, 0.4) is 0 Å². The molecule has 3 aromatic rings. The molecule has 1 atom stereocenters. The maximum Gasteiger partial charge on any atom is 0.344 e. The van der Waals surface area contributed by atoms with Crippen molar-refractivity contribution in [3.63, 3.8) is 0 Å². The van der Waals surface area contributed by atoms with Crippen LogP contribution in [0.4, 0.5) is 0 Å². The van der Waals surface area contributed by atoms with Crippen LogP contribution in [0.5, 0.6) is 17.4 Å². The van der Waals surface area contributed by atoms with Gasteiger partial charge in [-0.25, -0.2) is 9.78 Å². The summed E-state index contributed by atoms with van der Waals surface area (Å²) in [6.07, 6.45) is -0.905. The Morgan fingerprint density at radius 1 is 1.08 bits per heavy atom. The van der Waals surface area contributed by atoms with Crippen LogP contribution in [0.15, 0.2) is 59.1 Å². The zero-order chi connectivity index (χ0) is 17.1. The van der Waals surface area contributed by atoms with E-state index < -0.39 is 12.1 Å². The van der Waals surface area contributed by atoms with Gasteiger partial charge in [-0.1, -0.05) is 22.0 Å². The van der Waals surface area contributed by atoms with Gasteiger partial charge in [0.05, 0.1) is 5.52 Å². The largest absolute Gasteiger partial charge is 0.479 e. The molecule has 5 nitrogen and oxygen atoms in total. The first-order valence-electron chi connectivity index (χ1n) is 7.25. The summed E-state index contributed by atoms with van der Waals surface area (Å²) in [4.78, 5) is 15.2. The van der Waals surface area contributed by atoms with E-state index in [1.807, 2.05) is 24.3 Å². The quantitative estimate of drug-likeness (QED) is 0.690. The molecular formula is C18H14BrNO4. The fraction of sp³-hybridized carbons (Fsp3) is 0.111. The lowest BCUT2D eigenvalue weighted by atomic mass is 10.2. The number of fused-ring (bicyclic) bond motifs is 1. The monoisotopic (exact) mass is 387 g/mol. The Labute approximate surface area is 147 Å². The van der Waals surface area contributed by atoms with Crippen LogP contribution in [0.2, 0.25) is 0 Å². The molecule has 2 aromatic carbocycles. The highest BCUT2D eigenvalue weighted by molar-refractivity contribution is 9.10. The van der Waals surface area contributed by atoms with Gasteiger partial charge >= 0.3 is 5.97 Å². The maximum absolute atomic E-state index is 10.8. The van der Waals surface area contributed by atoms with Crippen LogP contribution < -0.4 is 9.47 Å². The van der Waals surface area contributed by atoms with Gasteiger partial charge in [0.25, 0.3) is 0 Å². The van der Waals surface area contributed by atoms with E-state index in [1.165, 1.54) is 6.92 Å². The van der Waals surface area contributed by atoms with Crippen molar-refractivity contribution in [3.05, 3.63) is 59.1 Å². The first kappa shape index (κ1) is 16.3. The van der Waals surface area contributed by atoms with E-state index in [4.69, 9.17) is 14.6 Å². The number of hydrogen-bond donors (Lipinski definition) is 1.